The van der Waals surface area contributed by atoms with E-state index in [1.165, 1.54) is 6.08 Å². The van der Waals surface area contributed by atoms with E-state index in [1.54, 1.807) is 9.80 Å². The van der Waals surface area contributed by atoms with Crippen LogP contribution < -0.4 is 4.90 Å². The van der Waals surface area contributed by atoms with Gasteiger partial charge in [0.15, 0.2) is 0 Å². The summed E-state index contributed by atoms with van der Waals surface area (Å²) in [5, 5.41) is 0. The SMILES string of the molecule is C=CC(=O)N1CCCc2cc(C(=O)N(C)C3CCOC3)ccc21. The van der Waals surface area contributed by atoms with Crippen molar-refractivity contribution in [1.29, 1.82) is 0 Å². The molecule has 0 saturated carbocycles. The van der Waals surface area contributed by atoms with Gasteiger partial charge in [-0.05, 0) is 49.1 Å². The third-order valence-corrected chi connectivity index (χ3v) is 4.66. The Hall–Kier alpha value is -2.14. The molecule has 1 atom stereocenters. The van der Waals surface area contributed by atoms with Crippen molar-refractivity contribution < 1.29 is 14.3 Å². The molecule has 0 N–H and O–H groups in total. The van der Waals surface area contributed by atoms with E-state index in [4.69, 9.17) is 4.74 Å². The van der Waals surface area contributed by atoms with E-state index >= 15 is 0 Å². The number of aryl methyl sites for hydroxylation is 1. The van der Waals surface area contributed by atoms with Crippen LogP contribution in [0, 0.1) is 0 Å². The first-order valence-electron chi connectivity index (χ1n) is 8.03. The van der Waals surface area contributed by atoms with Crippen molar-refractivity contribution in [3.63, 3.8) is 0 Å². The van der Waals surface area contributed by atoms with Crippen LogP contribution in [-0.4, -0.2) is 49.6 Å². The Morgan fingerprint density at radius 2 is 2.26 bits per heavy atom. The van der Waals surface area contributed by atoms with Crippen molar-refractivity contribution in [3.05, 3.63) is 42.0 Å². The molecule has 5 nitrogen and oxygen atoms in total. The Kier molecular flexibility index (Phi) is 4.48. The predicted octanol–water partition coefficient (Wildman–Crippen LogP) is 2.01. The molecule has 2 aliphatic heterocycles. The molecule has 1 aromatic rings. The fourth-order valence-electron chi connectivity index (χ4n) is 3.27. The highest BCUT2D eigenvalue weighted by atomic mass is 16.5. The normalized spacial score (nSPS) is 20.0. The lowest BCUT2D eigenvalue weighted by Crippen LogP contribution is -2.38. The van der Waals surface area contributed by atoms with E-state index < -0.39 is 0 Å². The van der Waals surface area contributed by atoms with Gasteiger partial charge in [0.05, 0.1) is 12.6 Å². The summed E-state index contributed by atoms with van der Waals surface area (Å²) in [5.74, 6) is -0.0827. The lowest BCUT2D eigenvalue weighted by Gasteiger charge is -2.29. The maximum atomic E-state index is 12.7. The number of nitrogens with zero attached hydrogens (tertiary/aromatic N) is 2. The number of rotatable bonds is 3. The summed E-state index contributed by atoms with van der Waals surface area (Å²) in [6, 6.07) is 5.76. The Labute approximate surface area is 136 Å². The number of hydrogen-bond donors (Lipinski definition) is 0. The molecule has 2 heterocycles. The first-order chi connectivity index (χ1) is 11.1. The van der Waals surface area contributed by atoms with Gasteiger partial charge in [0.2, 0.25) is 5.91 Å². The van der Waals surface area contributed by atoms with Crippen molar-refractivity contribution in [2.24, 2.45) is 0 Å². The summed E-state index contributed by atoms with van der Waals surface area (Å²) in [4.78, 5) is 28.1. The van der Waals surface area contributed by atoms with Crippen LogP contribution in [0.2, 0.25) is 0 Å². The van der Waals surface area contributed by atoms with Gasteiger partial charge in [0.1, 0.15) is 0 Å². The lowest BCUT2D eigenvalue weighted by molar-refractivity contribution is -0.114. The number of carbonyl (C=O) groups excluding carboxylic acids is 2. The van der Waals surface area contributed by atoms with Crippen molar-refractivity contribution in [2.75, 3.05) is 31.7 Å². The number of fused-ring (bicyclic) bond motifs is 1. The molecule has 3 rings (SSSR count). The molecule has 1 unspecified atom stereocenters. The van der Waals surface area contributed by atoms with Crippen LogP contribution in [0.5, 0.6) is 0 Å². The summed E-state index contributed by atoms with van der Waals surface area (Å²) in [5.41, 5.74) is 2.61. The largest absolute Gasteiger partial charge is 0.379 e. The molecule has 2 aliphatic rings. The van der Waals surface area contributed by atoms with Crippen LogP contribution >= 0.6 is 0 Å². The molecule has 122 valence electrons. The van der Waals surface area contributed by atoms with Gasteiger partial charge in [-0.3, -0.25) is 9.59 Å². The third-order valence-electron chi connectivity index (χ3n) is 4.66. The van der Waals surface area contributed by atoms with Crippen LogP contribution in [0.3, 0.4) is 0 Å². The van der Waals surface area contributed by atoms with Gasteiger partial charge in [-0.25, -0.2) is 0 Å². The van der Waals surface area contributed by atoms with Crippen molar-refractivity contribution in [2.45, 2.75) is 25.3 Å². The van der Waals surface area contributed by atoms with Crippen molar-refractivity contribution >= 4 is 17.5 Å². The Balaban J connectivity index is 1.84. The van der Waals surface area contributed by atoms with E-state index in [0.29, 0.717) is 25.3 Å². The molecule has 0 aliphatic carbocycles. The molecule has 23 heavy (non-hydrogen) atoms. The van der Waals surface area contributed by atoms with Crippen LogP contribution in [0.4, 0.5) is 5.69 Å². The second kappa shape index (κ2) is 6.54. The summed E-state index contributed by atoms with van der Waals surface area (Å²) in [7, 11) is 1.83. The number of benzene rings is 1. The Bertz CT molecular complexity index is 635. The maximum Gasteiger partial charge on any atom is 0.253 e. The minimum absolute atomic E-state index is 0.00970. The van der Waals surface area contributed by atoms with Crippen molar-refractivity contribution in [3.8, 4) is 0 Å². The first kappa shape index (κ1) is 15.7. The first-order valence-corrected chi connectivity index (χ1v) is 8.03. The van der Waals surface area contributed by atoms with E-state index in [0.717, 1.165) is 30.5 Å². The van der Waals surface area contributed by atoms with Crippen LogP contribution in [0.25, 0.3) is 0 Å². The van der Waals surface area contributed by atoms with Gasteiger partial charge >= 0.3 is 0 Å². The highest BCUT2D eigenvalue weighted by Crippen LogP contribution is 2.29. The molecular formula is C18H22N2O3. The fourth-order valence-corrected chi connectivity index (χ4v) is 3.27. The van der Waals surface area contributed by atoms with Gasteiger partial charge in [0, 0.05) is 31.5 Å². The van der Waals surface area contributed by atoms with Crippen LogP contribution in [0.1, 0.15) is 28.8 Å². The topological polar surface area (TPSA) is 49.9 Å². The molecule has 1 aromatic carbocycles. The summed E-state index contributed by atoms with van der Waals surface area (Å²) in [6.45, 7) is 5.58. The van der Waals surface area contributed by atoms with Gasteiger partial charge in [-0.2, -0.15) is 0 Å². The number of likely N-dealkylation sites (N-methyl/N-ethyl adjacent to an activating group) is 1. The highest BCUT2D eigenvalue weighted by molar-refractivity contribution is 6.02. The summed E-state index contributed by atoms with van der Waals surface area (Å²) >= 11 is 0. The lowest BCUT2D eigenvalue weighted by atomic mass is 9.98. The van der Waals surface area contributed by atoms with E-state index in [2.05, 4.69) is 6.58 Å². The molecule has 0 spiro atoms. The van der Waals surface area contributed by atoms with E-state index in [1.807, 2.05) is 25.2 Å². The average molecular weight is 314 g/mol. The zero-order chi connectivity index (χ0) is 16.4. The minimum Gasteiger partial charge on any atom is -0.379 e. The summed E-state index contributed by atoms with van der Waals surface area (Å²) in [6.07, 6.45) is 4.00. The zero-order valence-corrected chi connectivity index (χ0v) is 13.5. The Morgan fingerprint density at radius 1 is 1.43 bits per heavy atom. The Morgan fingerprint density at radius 3 is 2.96 bits per heavy atom. The standard InChI is InChI=1S/C18H22N2O3/c1-3-17(21)20-9-4-5-13-11-14(6-7-16(13)20)18(22)19(2)15-8-10-23-12-15/h3,6-7,11,15H,1,4-5,8-10,12H2,2H3. The van der Waals surface area contributed by atoms with Gasteiger partial charge < -0.3 is 14.5 Å². The molecule has 0 bridgehead atoms. The van der Waals surface area contributed by atoms with Gasteiger partial charge in [-0.1, -0.05) is 6.58 Å². The zero-order valence-electron chi connectivity index (χ0n) is 13.5. The van der Waals surface area contributed by atoms with E-state index in [-0.39, 0.29) is 17.9 Å². The number of anilines is 1. The summed E-state index contributed by atoms with van der Waals surface area (Å²) < 4.78 is 5.36. The second-order valence-electron chi connectivity index (χ2n) is 6.07. The van der Waals surface area contributed by atoms with Crippen molar-refractivity contribution in [1.82, 2.24) is 4.90 Å². The number of ether oxygens (including phenoxy) is 1. The molecule has 2 amide bonds. The number of amides is 2. The maximum absolute atomic E-state index is 12.7. The van der Waals surface area contributed by atoms with Gasteiger partial charge in [-0.15, -0.1) is 0 Å². The number of carbonyl (C=O) groups is 2. The quantitative estimate of drug-likeness (QED) is 0.802. The van der Waals surface area contributed by atoms with Crippen LogP contribution in [-0.2, 0) is 16.0 Å². The monoisotopic (exact) mass is 314 g/mol. The molecule has 1 fully saturated rings. The minimum atomic E-state index is -0.0924. The predicted molar refractivity (Wildman–Crippen MR) is 88.6 cm³/mol. The molecule has 1 saturated heterocycles. The van der Waals surface area contributed by atoms with Crippen LogP contribution in [0.15, 0.2) is 30.9 Å². The third kappa shape index (κ3) is 3.01. The van der Waals surface area contributed by atoms with Gasteiger partial charge in [0.25, 0.3) is 5.91 Å². The second-order valence-corrected chi connectivity index (χ2v) is 6.07. The highest BCUT2D eigenvalue weighted by Gasteiger charge is 2.26. The number of hydrogen-bond acceptors (Lipinski definition) is 3. The average Bonchev–Trinajstić information content (AvgIpc) is 3.13. The molecule has 5 heteroatoms. The molecular weight excluding hydrogens is 292 g/mol. The molecule has 0 radical (unpaired) electrons. The molecule has 0 aromatic heterocycles. The fraction of sp³-hybridized carbons (Fsp3) is 0.444. The van der Waals surface area contributed by atoms with E-state index in [9.17, 15) is 9.59 Å². The smallest absolute Gasteiger partial charge is 0.253 e.